The number of rotatable bonds is 7. The third kappa shape index (κ3) is 5.09. The zero-order chi connectivity index (χ0) is 23.5. The molecule has 1 aliphatic heterocycles. The monoisotopic (exact) mass is 485 g/mol. The van der Waals surface area contributed by atoms with Gasteiger partial charge in [-0.3, -0.25) is 14.5 Å². The standard InChI is InChI=1S/C24H21F2N3O2S2/c1-15-11-13-33-21(15)10-12-28-20(14-22(30)27-18-6-2-16(25)3-7-18)23(31)29(24(28)32)19-8-4-17(26)5-9-19/h2-9,11,13,20H,10,12,14H2,1H3,(H,27,30). The Morgan fingerprint density at radius 2 is 1.70 bits per heavy atom. The molecule has 1 N–H and O–H groups in total. The van der Waals surface area contributed by atoms with E-state index in [2.05, 4.69) is 5.32 Å². The summed E-state index contributed by atoms with van der Waals surface area (Å²) in [5.74, 6) is -1.56. The first-order valence-corrected chi connectivity index (χ1v) is 11.6. The number of amides is 2. The van der Waals surface area contributed by atoms with Crippen LogP contribution in [0.15, 0.2) is 60.0 Å². The second kappa shape index (κ2) is 9.76. The highest BCUT2D eigenvalue weighted by Crippen LogP contribution is 2.28. The second-order valence-electron chi connectivity index (χ2n) is 7.68. The third-order valence-electron chi connectivity index (χ3n) is 5.46. The van der Waals surface area contributed by atoms with E-state index in [0.29, 0.717) is 24.3 Å². The maximum absolute atomic E-state index is 13.4. The van der Waals surface area contributed by atoms with Crippen LogP contribution in [0.1, 0.15) is 16.9 Å². The number of anilines is 2. The number of thiocarbonyl (C=S) groups is 1. The molecule has 1 aromatic heterocycles. The number of hydrogen-bond donors (Lipinski definition) is 1. The van der Waals surface area contributed by atoms with Crippen LogP contribution in [-0.4, -0.2) is 34.4 Å². The molecule has 0 radical (unpaired) electrons. The van der Waals surface area contributed by atoms with Crippen LogP contribution in [0.5, 0.6) is 0 Å². The second-order valence-corrected chi connectivity index (χ2v) is 9.04. The van der Waals surface area contributed by atoms with Crippen molar-refractivity contribution >= 4 is 51.9 Å². The number of nitrogens with zero attached hydrogens (tertiary/aromatic N) is 2. The maximum atomic E-state index is 13.4. The summed E-state index contributed by atoms with van der Waals surface area (Å²) in [7, 11) is 0. The van der Waals surface area contributed by atoms with Crippen molar-refractivity contribution in [2.24, 2.45) is 0 Å². The highest BCUT2D eigenvalue weighted by atomic mass is 32.1. The quantitative estimate of drug-likeness (QED) is 0.484. The van der Waals surface area contributed by atoms with Gasteiger partial charge in [0.2, 0.25) is 5.91 Å². The number of carbonyl (C=O) groups is 2. The molecule has 1 aliphatic rings. The molecule has 0 saturated carbocycles. The number of halogens is 2. The first-order chi connectivity index (χ1) is 15.8. The fraction of sp³-hybridized carbons (Fsp3) is 0.208. The Labute approximate surface area is 199 Å². The minimum Gasteiger partial charge on any atom is -0.336 e. The molecule has 3 aromatic rings. The Kier molecular flexibility index (Phi) is 6.80. The van der Waals surface area contributed by atoms with Crippen molar-refractivity contribution in [3.8, 4) is 0 Å². The van der Waals surface area contributed by atoms with E-state index in [9.17, 15) is 18.4 Å². The SMILES string of the molecule is Cc1ccsc1CCN1C(=S)N(c2ccc(F)cc2)C(=O)C1CC(=O)Nc1ccc(F)cc1. The Hall–Kier alpha value is -3.17. The fourth-order valence-corrected chi connectivity index (χ4v) is 5.03. The summed E-state index contributed by atoms with van der Waals surface area (Å²) in [6, 6.07) is 12.1. The molecule has 5 nitrogen and oxygen atoms in total. The molecule has 2 heterocycles. The highest BCUT2D eigenvalue weighted by molar-refractivity contribution is 7.80. The molecular weight excluding hydrogens is 464 g/mol. The van der Waals surface area contributed by atoms with E-state index in [1.165, 1.54) is 58.3 Å². The Morgan fingerprint density at radius 1 is 1.06 bits per heavy atom. The molecule has 4 rings (SSSR count). The zero-order valence-electron chi connectivity index (χ0n) is 17.8. The topological polar surface area (TPSA) is 52.7 Å². The molecule has 1 saturated heterocycles. The van der Waals surface area contributed by atoms with Crippen molar-refractivity contribution in [2.75, 3.05) is 16.8 Å². The van der Waals surface area contributed by atoms with Crippen LogP contribution in [-0.2, 0) is 16.0 Å². The number of benzene rings is 2. The Morgan fingerprint density at radius 3 is 2.30 bits per heavy atom. The van der Waals surface area contributed by atoms with Crippen LogP contribution in [0.3, 0.4) is 0 Å². The minimum absolute atomic E-state index is 0.128. The number of carbonyl (C=O) groups excluding carboxylic acids is 2. The van der Waals surface area contributed by atoms with E-state index >= 15 is 0 Å². The number of thiophene rings is 1. The van der Waals surface area contributed by atoms with E-state index in [4.69, 9.17) is 12.2 Å². The van der Waals surface area contributed by atoms with Gasteiger partial charge in [0, 0.05) is 17.1 Å². The van der Waals surface area contributed by atoms with Crippen molar-refractivity contribution < 1.29 is 18.4 Å². The van der Waals surface area contributed by atoms with Gasteiger partial charge in [-0.25, -0.2) is 8.78 Å². The van der Waals surface area contributed by atoms with Gasteiger partial charge >= 0.3 is 0 Å². The van der Waals surface area contributed by atoms with E-state index in [1.54, 1.807) is 16.2 Å². The van der Waals surface area contributed by atoms with Crippen LogP contribution in [0.25, 0.3) is 0 Å². The summed E-state index contributed by atoms with van der Waals surface area (Å²) in [6.45, 7) is 2.48. The summed E-state index contributed by atoms with van der Waals surface area (Å²) >= 11 is 7.25. The average molecular weight is 486 g/mol. The molecule has 1 unspecified atom stereocenters. The largest absolute Gasteiger partial charge is 0.336 e. The predicted octanol–water partition coefficient (Wildman–Crippen LogP) is 4.91. The molecule has 1 atom stereocenters. The summed E-state index contributed by atoms with van der Waals surface area (Å²) < 4.78 is 26.6. The first kappa shape index (κ1) is 23.0. The van der Waals surface area contributed by atoms with Crippen LogP contribution in [0.4, 0.5) is 20.2 Å². The van der Waals surface area contributed by atoms with Gasteiger partial charge in [0.15, 0.2) is 5.11 Å². The molecule has 33 heavy (non-hydrogen) atoms. The van der Waals surface area contributed by atoms with Crippen molar-refractivity contribution in [1.82, 2.24) is 4.90 Å². The molecular formula is C24H21F2N3O2S2. The lowest BCUT2D eigenvalue weighted by Gasteiger charge is -2.23. The van der Waals surface area contributed by atoms with Gasteiger partial charge in [-0.2, -0.15) is 0 Å². The lowest BCUT2D eigenvalue weighted by Crippen LogP contribution is -2.39. The lowest BCUT2D eigenvalue weighted by molar-refractivity contribution is -0.124. The van der Waals surface area contributed by atoms with Crippen molar-refractivity contribution in [3.63, 3.8) is 0 Å². The van der Waals surface area contributed by atoms with E-state index in [0.717, 1.165) is 5.56 Å². The fourth-order valence-electron chi connectivity index (χ4n) is 3.72. The van der Waals surface area contributed by atoms with E-state index < -0.39 is 17.7 Å². The Balaban J connectivity index is 1.55. The van der Waals surface area contributed by atoms with Gasteiger partial charge in [0.05, 0.1) is 12.1 Å². The van der Waals surface area contributed by atoms with Crippen molar-refractivity contribution in [1.29, 1.82) is 0 Å². The smallest absolute Gasteiger partial charge is 0.256 e. The van der Waals surface area contributed by atoms with Gasteiger partial charge in [-0.05, 0) is 91.1 Å². The van der Waals surface area contributed by atoms with E-state index in [1.807, 2.05) is 18.4 Å². The van der Waals surface area contributed by atoms with E-state index in [-0.39, 0.29) is 23.3 Å². The van der Waals surface area contributed by atoms with Gasteiger partial charge in [0.1, 0.15) is 17.7 Å². The molecule has 2 amide bonds. The molecule has 0 spiro atoms. The molecule has 9 heteroatoms. The summed E-state index contributed by atoms with van der Waals surface area (Å²) in [5.41, 5.74) is 2.05. The molecule has 1 fully saturated rings. The molecule has 0 aliphatic carbocycles. The maximum Gasteiger partial charge on any atom is 0.256 e. The van der Waals surface area contributed by atoms with Crippen molar-refractivity contribution in [3.05, 3.63) is 82.1 Å². The van der Waals surface area contributed by atoms with Gasteiger partial charge in [-0.15, -0.1) is 11.3 Å². The van der Waals surface area contributed by atoms with Crippen LogP contribution >= 0.6 is 23.6 Å². The van der Waals surface area contributed by atoms with Crippen LogP contribution in [0, 0.1) is 18.6 Å². The zero-order valence-corrected chi connectivity index (χ0v) is 19.4. The van der Waals surface area contributed by atoms with Crippen LogP contribution in [0.2, 0.25) is 0 Å². The average Bonchev–Trinajstić information content (AvgIpc) is 3.29. The summed E-state index contributed by atoms with van der Waals surface area (Å²) in [4.78, 5) is 30.4. The first-order valence-electron chi connectivity index (χ1n) is 10.3. The normalized spacial score (nSPS) is 15.9. The van der Waals surface area contributed by atoms with Gasteiger partial charge in [0.25, 0.3) is 5.91 Å². The molecule has 0 bridgehead atoms. The minimum atomic E-state index is -0.803. The lowest BCUT2D eigenvalue weighted by atomic mass is 10.1. The number of aryl methyl sites for hydroxylation is 1. The molecule has 170 valence electrons. The van der Waals surface area contributed by atoms with Gasteiger partial charge < -0.3 is 10.2 Å². The summed E-state index contributed by atoms with van der Waals surface area (Å²) in [6.07, 6.45) is 0.543. The van der Waals surface area contributed by atoms with Crippen molar-refractivity contribution in [2.45, 2.75) is 25.8 Å². The number of hydrogen-bond acceptors (Lipinski definition) is 4. The Bertz CT molecular complexity index is 1180. The molecule has 2 aromatic carbocycles. The third-order valence-corrected chi connectivity index (χ3v) is 6.96. The van der Waals surface area contributed by atoms with Crippen LogP contribution < -0.4 is 10.2 Å². The predicted molar refractivity (Wildman–Crippen MR) is 129 cm³/mol. The highest BCUT2D eigenvalue weighted by Gasteiger charge is 2.44. The summed E-state index contributed by atoms with van der Waals surface area (Å²) in [5, 5.41) is 4.99. The van der Waals surface area contributed by atoms with Gasteiger partial charge in [-0.1, -0.05) is 0 Å². The number of nitrogens with one attached hydrogen (secondary N) is 1.